The lowest BCUT2D eigenvalue weighted by Crippen LogP contribution is -2.40. The summed E-state index contributed by atoms with van der Waals surface area (Å²) in [6, 6.07) is 5.21. The Kier molecular flexibility index (Phi) is 3.97. The molecule has 0 saturated heterocycles. The Morgan fingerprint density at radius 3 is 2.91 bits per heavy atom. The van der Waals surface area contributed by atoms with Crippen molar-refractivity contribution in [3.05, 3.63) is 36.2 Å². The first-order valence-electron chi connectivity index (χ1n) is 7.35. The second kappa shape index (κ2) is 5.78. The number of pyridine rings is 1. The van der Waals surface area contributed by atoms with Crippen LogP contribution in [0.2, 0.25) is 0 Å². The van der Waals surface area contributed by atoms with E-state index in [1.54, 1.807) is 28.8 Å². The van der Waals surface area contributed by atoms with Gasteiger partial charge in [0.2, 0.25) is 10.0 Å². The number of aliphatic imine (C=N–C) groups is 1. The molecule has 1 aliphatic rings. The Balaban J connectivity index is 2.17. The maximum absolute atomic E-state index is 13.2. The van der Waals surface area contributed by atoms with E-state index in [-0.39, 0.29) is 6.04 Å². The molecular formula is C16H19N3O2S. The third kappa shape index (κ3) is 2.53. The van der Waals surface area contributed by atoms with Crippen molar-refractivity contribution < 1.29 is 8.42 Å². The van der Waals surface area contributed by atoms with E-state index in [9.17, 15) is 8.42 Å². The van der Waals surface area contributed by atoms with Crippen LogP contribution in [0.25, 0.3) is 10.8 Å². The number of hydrogen-bond donors (Lipinski definition) is 0. The average molecular weight is 317 g/mol. The summed E-state index contributed by atoms with van der Waals surface area (Å²) in [5.41, 5.74) is 0.871. The molecule has 0 N–H and O–H groups in total. The summed E-state index contributed by atoms with van der Waals surface area (Å²) in [4.78, 5) is 8.76. The first-order valence-corrected chi connectivity index (χ1v) is 8.79. The highest BCUT2D eigenvalue weighted by Crippen LogP contribution is 2.29. The highest BCUT2D eigenvalue weighted by molar-refractivity contribution is 7.89. The molecule has 6 heteroatoms. The van der Waals surface area contributed by atoms with Crippen molar-refractivity contribution in [3.8, 4) is 0 Å². The monoisotopic (exact) mass is 317 g/mol. The van der Waals surface area contributed by atoms with Gasteiger partial charge in [-0.3, -0.25) is 9.98 Å². The van der Waals surface area contributed by atoms with E-state index in [0.29, 0.717) is 24.4 Å². The summed E-state index contributed by atoms with van der Waals surface area (Å²) in [7, 11) is -3.56. The van der Waals surface area contributed by atoms with Crippen LogP contribution in [-0.2, 0) is 10.0 Å². The van der Waals surface area contributed by atoms with Crippen LogP contribution in [0.5, 0.6) is 0 Å². The van der Waals surface area contributed by atoms with Gasteiger partial charge in [0.1, 0.15) is 0 Å². The third-order valence-corrected chi connectivity index (χ3v) is 6.05. The van der Waals surface area contributed by atoms with Crippen molar-refractivity contribution in [3.63, 3.8) is 0 Å². The molecule has 0 saturated carbocycles. The molecule has 1 aliphatic heterocycles. The Labute approximate surface area is 130 Å². The first-order chi connectivity index (χ1) is 10.5. The van der Waals surface area contributed by atoms with Crippen LogP contribution < -0.4 is 0 Å². The Morgan fingerprint density at radius 1 is 1.27 bits per heavy atom. The van der Waals surface area contributed by atoms with E-state index in [1.165, 1.54) is 0 Å². The fourth-order valence-corrected chi connectivity index (χ4v) is 4.81. The summed E-state index contributed by atoms with van der Waals surface area (Å²) in [5.74, 6) is 0. The van der Waals surface area contributed by atoms with Crippen molar-refractivity contribution in [2.75, 3.05) is 13.1 Å². The second-order valence-electron chi connectivity index (χ2n) is 5.61. The molecule has 0 amide bonds. The van der Waals surface area contributed by atoms with Gasteiger partial charge in [0.05, 0.1) is 11.4 Å². The minimum absolute atomic E-state index is 0.138. The number of fused-ring (bicyclic) bond motifs is 1. The van der Waals surface area contributed by atoms with Gasteiger partial charge < -0.3 is 0 Å². The molecule has 0 bridgehead atoms. The Morgan fingerprint density at radius 2 is 2.09 bits per heavy atom. The van der Waals surface area contributed by atoms with Gasteiger partial charge in [-0.15, -0.1) is 0 Å². The summed E-state index contributed by atoms with van der Waals surface area (Å²) in [5, 5.41) is 1.61. The molecule has 2 aromatic rings. The van der Waals surface area contributed by atoms with Crippen LogP contribution in [0.1, 0.15) is 18.9 Å². The lowest BCUT2D eigenvalue weighted by Gasteiger charge is -2.26. The van der Waals surface area contributed by atoms with Gasteiger partial charge in [-0.2, -0.15) is 4.31 Å². The molecule has 0 spiro atoms. The van der Waals surface area contributed by atoms with Crippen molar-refractivity contribution in [2.45, 2.75) is 31.2 Å². The zero-order valence-electron chi connectivity index (χ0n) is 12.7. The van der Waals surface area contributed by atoms with Crippen molar-refractivity contribution in [1.82, 2.24) is 9.29 Å². The SMILES string of the molecule is Cc1cncc2cccc(S(=O)(=O)N3CCC=NC[C@H]3C)c12. The molecule has 0 aliphatic carbocycles. The predicted octanol–water partition coefficient (Wildman–Crippen LogP) is 2.40. The summed E-state index contributed by atoms with van der Waals surface area (Å²) in [6.45, 7) is 4.77. The zero-order chi connectivity index (χ0) is 15.7. The standard InChI is InChI=1S/C16H19N3O2S/c1-12-9-18-11-14-5-3-6-15(16(12)14)22(20,21)19-8-4-7-17-10-13(19)2/h3,5-7,9,11,13H,4,8,10H2,1-2H3/t13-/m1/s1. The molecule has 3 rings (SSSR count). The number of hydrogen-bond acceptors (Lipinski definition) is 4. The average Bonchev–Trinajstić information content (AvgIpc) is 2.72. The maximum Gasteiger partial charge on any atom is 0.244 e. The molecule has 5 nitrogen and oxygen atoms in total. The summed E-state index contributed by atoms with van der Waals surface area (Å²) < 4.78 is 27.9. The molecular weight excluding hydrogens is 298 g/mol. The van der Waals surface area contributed by atoms with Crippen LogP contribution in [-0.4, -0.2) is 43.1 Å². The molecule has 1 aromatic carbocycles. The van der Waals surface area contributed by atoms with E-state index < -0.39 is 10.0 Å². The molecule has 22 heavy (non-hydrogen) atoms. The normalized spacial score (nSPS) is 20.2. The van der Waals surface area contributed by atoms with Crippen LogP contribution in [0, 0.1) is 6.92 Å². The number of benzene rings is 1. The molecule has 1 aromatic heterocycles. The summed E-state index contributed by atoms with van der Waals surface area (Å²) >= 11 is 0. The number of nitrogens with zero attached hydrogens (tertiary/aromatic N) is 3. The topological polar surface area (TPSA) is 62.6 Å². The van der Waals surface area contributed by atoms with Crippen LogP contribution in [0.15, 0.2) is 40.5 Å². The van der Waals surface area contributed by atoms with E-state index in [2.05, 4.69) is 9.98 Å². The number of aromatic nitrogens is 1. The Hall–Kier alpha value is -1.79. The Bertz CT molecular complexity index is 825. The van der Waals surface area contributed by atoms with Gasteiger partial charge in [-0.25, -0.2) is 8.42 Å². The lowest BCUT2D eigenvalue weighted by atomic mass is 10.1. The quantitative estimate of drug-likeness (QED) is 0.854. The van der Waals surface area contributed by atoms with E-state index >= 15 is 0 Å². The largest absolute Gasteiger partial charge is 0.296 e. The third-order valence-electron chi connectivity index (χ3n) is 3.99. The molecule has 0 radical (unpaired) electrons. The van der Waals surface area contributed by atoms with Gasteiger partial charge in [-0.1, -0.05) is 12.1 Å². The van der Waals surface area contributed by atoms with Gasteiger partial charge in [-0.05, 0) is 31.9 Å². The number of rotatable bonds is 2. The minimum atomic E-state index is -3.56. The van der Waals surface area contributed by atoms with Crippen molar-refractivity contribution in [1.29, 1.82) is 0 Å². The second-order valence-corrected chi connectivity index (χ2v) is 7.47. The van der Waals surface area contributed by atoms with Gasteiger partial charge in [0, 0.05) is 42.0 Å². The van der Waals surface area contributed by atoms with Crippen LogP contribution in [0.3, 0.4) is 0 Å². The highest BCUT2D eigenvalue weighted by Gasteiger charge is 2.31. The van der Waals surface area contributed by atoms with Crippen molar-refractivity contribution in [2.24, 2.45) is 4.99 Å². The van der Waals surface area contributed by atoms with Gasteiger partial charge >= 0.3 is 0 Å². The van der Waals surface area contributed by atoms with Crippen LogP contribution >= 0.6 is 0 Å². The van der Waals surface area contributed by atoms with Gasteiger partial charge in [0.15, 0.2) is 0 Å². The molecule has 2 heterocycles. The minimum Gasteiger partial charge on any atom is -0.296 e. The zero-order valence-corrected chi connectivity index (χ0v) is 13.5. The van der Waals surface area contributed by atoms with E-state index in [0.717, 1.165) is 16.3 Å². The van der Waals surface area contributed by atoms with E-state index in [1.807, 2.05) is 26.1 Å². The fourth-order valence-electron chi connectivity index (χ4n) is 2.88. The molecule has 0 fully saturated rings. The fraction of sp³-hybridized carbons (Fsp3) is 0.375. The van der Waals surface area contributed by atoms with Crippen molar-refractivity contribution >= 4 is 27.0 Å². The number of aryl methyl sites for hydroxylation is 1. The maximum atomic E-state index is 13.2. The summed E-state index contributed by atoms with van der Waals surface area (Å²) in [6.07, 6.45) is 5.87. The molecule has 1 atom stereocenters. The van der Waals surface area contributed by atoms with Crippen LogP contribution in [0.4, 0.5) is 0 Å². The van der Waals surface area contributed by atoms with Gasteiger partial charge in [0.25, 0.3) is 0 Å². The first kappa shape index (κ1) is 15.1. The van der Waals surface area contributed by atoms with E-state index in [4.69, 9.17) is 0 Å². The smallest absolute Gasteiger partial charge is 0.244 e. The lowest BCUT2D eigenvalue weighted by molar-refractivity contribution is 0.356. The molecule has 116 valence electrons. The highest BCUT2D eigenvalue weighted by atomic mass is 32.2. The molecule has 0 unspecified atom stereocenters. The number of sulfonamides is 1. The predicted molar refractivity (Wildman–Crippen MR) is 87.8 cm³/mol.